The van der Waals surface area contributed by atoms with E-state index in [1.165, 1.54) is 6.07 Å². The molecule has 1 aromatic carbocycles. The summed E-state index contributed by atoms with van der Waals surface area (Å²) in [5.74, 6) is 0.110. The number of phenols is 1. The number of ether oxygens (including phenoxy) is 2. The standard InChI is InChI=1S/C14H19NO4/c1-9-6-10(16)4-5-11(9)14(17)15-7-12(18-2)13(8-15)19-3/h4-6,12-13,16H,7-8H2,1-3H3. The first kappa shape index (κ1) is 13.8. The van der Waals surface area contributed by atoms with Gasteiger partial charge in [-0.15, -0.1) is 0 Å². The van der Waals surface area contributed by atoms with Crippen molar-refractivity contribution in [3.8, 4) is 5.75 Å². The zero-order valence-electron chi connectivity index (χ0n) is 11.4. The summed E-state index contributed by atoms with van der Waals surface area (Å²) in [4.78, 5) is 14.2. The maximum atomic E-state index is 12.4. The van der Waals surface area contributed by atoms with Crippen molar-refractivity contribution >= 4 is 5.91 Å². The quantitative estimate of drug-likeness (QED) is 0.891. The van der Waals surface area contributed by atoms with Gasteiger partial charge in [-0.1, -0.05) is 0 Å². The van der Waals surface area contributed by atoms with Crippen molar-refractivity contribution in [3.63, 3.8) is 0 Å². The number of hydrogen-bond donors (Lipinski definition) is 1. The first-order chi connectivity index (χ1) is 9.06. The Balaban J connectivity index is 2.17. The van der Waals surface area contributed by atoms with Crippen LogP contribution in [0.5, 0.6) is 5.75 Å². The maximum absolute atomic E-state index is 12.4. The van der Waals surface area contributed by atoms with Gasteiger partial charge in [0.2, 0.25) is 0 Å². The molecule has 0 saturated carbocycles. The van der Waals surface area contributed by atoms with E-state index in [1.807, 2.05) is 6.92 Å². The van der Waals surface area contributed by atoms with Gasteiger partial charge in [0.25, 0.3) is 5.91 Å². The number of carbonyl (C=O) groups is 1. The van der Waals surface area contributed by atoms with Gasteiger partial charge in [0, 0.05) is 32.9 Å². The van der Waals surface area contributed by atoms with Gasteiger partial charge in [-0.25, -0.2) is 0 Å². The third-order valence-corrected chi connectivity index (χ3v) is 3.55. The summed E-state index contributed by atoms with van der Waals surface area (Å²) in [6, 6.07) is 4.76. The number of likely N-dealkylation sites (tertiary alicyclic amines) is 1. The predicted octanol–water partition coefficient (Wildman–Crippen LogP) is 1.19. The molecular formula is C14H19NO4. The lowest BCUT2D eigenvalue weighted by Gasteiger charge is -2.17. The second-order valence-electron chi connectivity index (χ2n) is 4.76. The molecule has 2 atom stereocenters. The SMILES string of the molecule is COC1CN(C(=O)c2ccc(O)cc2C)CC1OC. The lowest BCUT2D eigenvalue weighted by atomic mass is 10.1. The molecule has 1 aliphatic heterocycles. The van der Waals surface area contributed by atoms with Crippen molar-refractivity contribution in [1.29, 1.82) is 0 Å². The Morgan fingerprint density at radius 1 is 1.26 bits per heavy atom. The molecule has 2 rings (SSSR count). The molecule has 1 amide bonds. The first-order valence-corrected chi connectivity index (χ1v) is 6.21. The van der Waals surface area contributed by atoms with E-state index in [9.17, 15) is 9.90 Å². The van der Waals surface area contributed by atoms with Gasteiger partial charge in [-0.05, 0) is 30.7 Å². The fourth-order valence-electron chi connectivity index (χ4n) is 2.42. The molecule has 0 radical (unpaired) electrons. The van der Waals surface area contributed by atoms with E-state index in [4.69, 9.17) is 9.47 Å². The molecule has 0 bridgehead atoms. The van der Waals surface area contributed by atoms with E-state index in [1.54, 1.807) is 31.3 Å². The number of rotatable bonds is 3. The van der Waals surface area contributed by atoms with E-state index in [-0.39, 0.29) is 23.9 Å². The maximum Gasteiger partial charge on any atom is 0.254 e. The molecule has 0 spiro atoms. The summed E-state index contributed by atoms with van der Waals surface area (Å²) in [5, 5.41) is 9.38. The van der Waals surface area contributed by atoms with Gasteiger partial charge in [0.15, 0.2) is 0 Å². The third kappa shape index (κ3) is 2.72. The van der Waals surface area contributed by atoms with Crippen LogP contribution < -0.4 is 0 Å². The van der Waals surface area contributed by atoms with Crippen molar-refractivity contribution in [3.05, 3.63) is 29.3 Å². The number of hydrogen-bond acceptors (Lipinski definition) is 4. The van der Waals surface area contributed by atoms with Crippen LogP contribution in [0.3, 0.4) is 0 Å². The lowest BCUT2D eigenvalue weighted by Crippen LogP contribution is -2.30. The van der Waals surface area contributed by atoms with Crippen LogP contribution in [-0.4, -0.2) is 55.4 Å². The van der Waals surface area contributed by atoms with E-state index in [0.29, 0.717) is 18.7 Å². The van der Waals surface area contributed by atoms with Crippen LogP contribution >= 0.6 is 0 Å². The van der Waals surface area contributed by atoms with E-state index < -0.39 is 0 Å². The monoisotopic (exact) mass is 265 g/mol. The Labute approximate surface area is 112 Å². The highest BCUT2D eigenvalue weighted by Gasteiger charge is 2.36. The summed E-state index contributed by atoms with van der Waals surface area (Å²) in [6.45, 7) is 2.85. The molecular weight excluding hydrogens is 246 g/mol. The van der Waals surface area contributed by atoms with Gasteiger partial charge in [-0.3, -0.25) is 4.79 Å². The van der Waals surface area contributed by atoms with E-state index >= 15 is 0 Å². The normalized spacial score (nSPS) is 22.8. The van der Waals surface area contributed by atoms with Crippen LogP contribution in [-0.2, 0) is 9.47 Å². The minimum atomic E-state index is -0.0913. The number of aromatic hydroxyl groups is 1. The van der Waals surface area contributed by atoms with Gasteiger partial charge < -0.3 is 19.5 Å². The van der Waals surface area contributed by atoms with Crippen LogP contribution in [0.25, 0.3) is 0 Å². The molecule has 1 saturated heterocycles. The summed E-state index contributed by atoms with van der Waals surface area (Å²) >= 11 is 0. The summed E-state index contributed by atoms with van der Waals surface area (Å²) in [5.41, 5.74) is 1.37. The molecule has 2 unspecified atom stereocenters. The Kier molecular flexibility index (Phi) is 4.07. The van der Waals surface area contributed by atoms with Crippen LogP contribution in [0.4, 0.5) is 0 Å². The number of amides is 1. The molecule has 5 nitrogen and oxygen atoms in total. The van der Waals surface area contributed by atoms with Gasteiger partial charge >= 0.3 is 0 Å². The second-order valence-corrected chi connectivity index (χ2v) is 4.76. The molecule has 1 aliphatic rings. The molecule has 1 N–H and O–H groups in total. The molecule has 1 fully saturated rings. The van der Waals surface area contributed by atoms with E-state index in [0.717, 1.165) is 5.56 Å². The molecule has 1 heterocycles. The number of benzene rings is 1. The fourth-order valence-corrected chi connectivity index (χ4v) is 2.42. The second kappa shape index (κ2) is 5.59. The van der Waals surface area contributed by atoms with Crippen LogP contribution in [0.15, 0.2) is 18.2 Å². The number of phenolic OH excluding ortho intramolecular Hbond substituents is 1. The average molecular weight is 265 g/mol. The zero-order chi connectivity index (χ0) is 14.0. The van der Waals surface area contributed by atoms with Gasteiger partial charge in [-0.2, -0.15) is 0 Å². The zero-order valence-corrected chi connectivity index (χ0v) is 11.4. The smallest absolute Gasteiger partial charge is 0.254 e. The lowest BCUT2D eigenvalue weighted by molar-refractivity contribution is -0.00461. The minimum Gasteiger partial charge on any atom is -0.508 e. The number of methoxy groups -OCH3 is 2. The molecule has 104 valence electrons. The molecule has 0 aliphatic carbocycles. The predicted molar refractivity (Wildman–Crippen MR) is 70.3 cm³/mol. The Morgan fingerprint density at radius 2 is 1.84 bits per heavy atom. The highest BCUT2D eigenvalue weighted by molar-refractivity contribution is 5.96. The van der Waals surface area contributed by atoms with Gasteiger partial charge in [0.1, 0.15) is 18.0 Å². The molecule has 0 aromatic heterocycles. The van der Waals surface area contributed by atoms with Crippen LogP contribution in [0.2, 0.25) is 0 Å². The van der Waals surface area contributed by atoms with E-state index in [2.05, 4.69) is 0 Å². The number of aryl methyl sites for hydroxylation is 1. The van der Waals surface area contributed by atoms with Crippen molar-refractivity contribution in [2.24, 2.45) is 0 Å². The summed E-state index contributed by atoms with van der Waals surface area (Å²) in [7, 11) is 3.24. The minimum absolute atomic E-state index is 0.0564. The summed E-state index contributed by atoms with van der Waals surface area (Å²) in [6.07, 6.45) is -0.183. The Morgan fingerprint density at radius 3 is 2.32 bits per heavy atom. The molecule has 1 aromatic rings. The van der Waals surface area contributed by atoms with Crippen LogP contribution in [0.1, 0.15) is 15.9 Å². The third-order valence-electron chi connectivity index (χ3n) is 3.55. The first-order valence-electron chi connectivity index (χ1n) is 6.21. The summed E-state index contributed by atoms with van der Waals surface area (Å²) < 4.78 is 10.6. The van der Waals surface area contributed by atoms with Crippen molar-refractivity contribution in [2.45, 2.75) is 19.1 Å². The molecule has 19 heavy (non-hydrogen) atoms. The fraction of sp³-hybridized carbons (Fsp3) is 0.500. The van der Waals surface area contributed by atoms with Crippen LogP contribution in [0, 0.1) is 6.92 Å². The van der Waals surface area contributed by atoms with Crippen molar-refractivity contribution in [2.75, 3.05) is 27.3 Å². The number of nitrogens with zero attached hydrogens (tertiary/aromatic N) is 1. The average Bonchev–Trinajstić information content (AvgIpc) is 2.81. The van der Waals surface area contributed by atoms with Crippen molar-refractivity contribution in [1.82, 2.24) is 4.90 Å². The largest absolute Gasteiger partial charge is 0.508 e. The Bertz CT molecular complexity index is 463. The van der Waals surface area contributed by atoms with Gasteiger partial charge in [0.05, 0.1) is 0 Å². The highest BCUT2D eigenvalue weighted by atomic mass is 16.5. The Hall–Kier alpha value is -1.59. The number of carbonyl (C=O) groups excluding carboxylic acids is 1. The van der Waals surface area contributed by atoms with Crippen molar-refractivity contribution < 1.29 is 19.4 Å². The highest BCUT2D eigenvalue weighted by Crippen LogP contribution is 2.22. The molecule has 5 heteroatoms. The topological polar surface area (TPSA) is 59.0 Å².